The van der Waals surface area contributed by atoms with Crippen LogP contribution in [0, 0.1) is 0 Å². The van der Waals surface area contributed by atoms with Crippen LogP contribution in [0.4, 0.5) is 0 Å². The first kappa shape index (κ1) is 7.82. The van der Waals surface area contributed by atoms with Crippen LogP contribution in [0.2, 0.25) is 0 Å². The van der Waals surface area contributed by atoms with Gasteiger partial charge < -0.3 is 10.2 Å². The zero-order valence-corrected chi connectivity index (χ0v) is 6.70. The van der Waals surface area contributed by atoms with Gasteiger partial charge in [-0.25, -0.2) is 0 Å². The zero-order valence-electron chi connectivity index (χ0n) is 5.89. The summed E-state index contributed by atoms with van der Waals surface area (Å²) in [6.07, 6.45) is 1.01. The summed E-state index contributed by atoms with van der Waals surface area (Å²) in [7, 11) is 0. The highest BCUT2D eigenvalue weighted by Crippen LogP contribution is 2.26. The van der Waals surface area contributed by atoms with Crippen molar-refractivity contribution in [1.29, 1.82) is 0 Å². The first-order valence-corrected chi connectivity index (χ1v) is 3.23. The molecule has 1 N–H and O–H groups in total. The number of hydrogen-bond acceptors (Lipinski definition) is 3. The van der Waals surface area contributed by atoms with E-state index in [0.29, 0.717) is 0 Å². The molecular weight excluding hydrogens is 152 g/mol. The fraction of sp³-hybridized carbons (Fsp3) is 0.833. The van der Waals surface area contributed by atoms with E-state index in [1.54, 1.807) is 0 Å². The lowest BCUT2D eigenvalue weighted by Crippen LogP contribution is -2.59. The quantitative estimate of drug-likeness (QED) is 0.565. The minimum Gasteiger partial charge on any atom is -0.386 e. The Hall–Kier alpha value is -0.280. The fourth-order valence-electron chi connectivity index (χ4n) is 1.30. The number of halogens is 1. The second-order valence-electron chi connectivity index (χ2n) is 2.88. The fourth-order valence-corrected chi connectivity index (χ4v) is 1.30. The van der Waals surface area contributed by atoms with Crippen LogP contribution < -0.4 is 5.32 Å². The van der Waals surface area contributed by atoms with Crippen LogP contribution in [0.1, 0.15) is 13.3 Å². The zero-order chi connectivity index (χ0) is 6.32. The predicted octanol–water partition coefficient (Wildman–Crippen LogP) is 0.546. The number of nitrogens with one attached hydrogen (secondary N) is 1. The van der Waals surface area contributed by atoms with Crippen molar-refractivity contribution in [3.8, 4) is 0 Å². The molecule has 1 saturated heterocycles. The van der Waals surface area contributed by atoms with E-state index in [2.05, 4.69) is 10.5 Å². The van der Waals surface area contributed by atoms with Gasteiger partial charge in [-0.2, -0.15) is 0 Å². The van der Waals surface area contributed by atoms with Gasteiger partial charge in [0.15, 0.2) is 5.60 Å². The van der Waals surface area contributed by atoms with Crippen molar-refractivity contribution in [3.05, 3.63) is 0 Å². The Balaban J connectivity index is 0.000000500. The largest absolute Gasteiger partial charge is 0.386 e. The van der Waals surface area contributed by atoms with Crippen molar-refractivity contribution in [1.82, 2.24) is 5.32 Å². The molecule has 2 aliphatic heterocycles. The summed E-state index contributed by atoms with van der Waals surface area (Å²) < 4.78 is 0. The average Bonchev–Trinajstić information content (AvgIpc) is 2.09. The van der Waals surface area contributed by atoms with Gasteiger partial charge in [0.25, 0.3) is 0 Å². The van der Waals surface area contributed by atoms with E-state index in [1.807, 2.05) is 6.92 Å². The van der Waals surface area contributed by atoms with E-state index in [1.165, 1.54) is 0 Å². The molecule has 3 nitrogen and oxygen atoms in total. The molecule has 0 aromatic rings. The molecule has 0 unspecified atom stereocenters. The Labute approximate surface area is 66.2 Å². The molecule has 4 heteroatoms. The highest BCUT2D eigenvalue weighted by atomic mass is 35.5. The molecule has 1 spiro atoms. The van der Waals surface area contributed by atoms with Crippen LogP contribution in [0.5, 0.6) is 0 Å². The summed E-state index contributed by atoms with van der Waals surface area (Å²) in [5, 5.41) is 7.05. The maximum atomic E-state index is 5.21. The molecule has 0 bridgehead atoms. The molecule has 0 aromatic heterocycles. The third kappa shape index (κ3) is 0.995. The smallest absolute Gasteiger partial charge is 0.167 e. The van der Waals surface area contributed by atoms with Crippen LogP contribution in [0.25, 0.3) is 0 Å². The number of oxime groups is 1. The van der Waals surface area contributed by atoms with Gasteiger partial charge in [-0.3, -0.25) is 0 Å². The van der Waals surface area contributed by atoms with E-state index in [4.69, 9.17) is 4.84 Å². The van der Waals surface area contributed by atoms with Crippen molar-refractivity contribution in [3.63, 3.8) is 0 Å². The number of rotatable bonds is 0. The lowest BCUT2D eigenvalue weighted by Gasteiger charge is -2.35. The third-order valence-electron chi connectivity index (χ3n) is 1.87. The van der Waals surface area contributed by atoms with Gasteiger partial charge in [0.05, 0.1) is 5.71 Å². The number of nitrogens with zero attached hydrogens (tertiary/aromatic N) is 1. The SMILES string of the molecule is CC1=NOC2(CNC2)C1.Cl. The van der Waals surface area contributed by atoms with Gasteiger partial charge >= 0.3 is 0 Å². The molecule has 1 fully saturated rings. The molecule has 0 aromatic carbocycles. The van der Waals surface area contributed by atoms with Crippen LogP contribution in [-0.2, 0) is 4.84 Å². The first-order chi connectivity index (χ1) is 4.31. The van der Waals surface area contributed by atoms with Gasteiger partial charge in [0.1, 0.15) is 0 Å². The monoisotopic (exact) mass is 162 g/mol. The van der Waals surface area contributed by atoms with Gasteiger partial charge in [0.2, 0.25) is 0 Å². The lowest BCUT2D eigenvalue weighted by atomic mass is 9.92. The predicted molar refractivity (Wildman–Crippen MR) is 41.7 cm³/mol. The van der Waals surface area contributed by atoms with Crippen molar-refractivity contribution >= 4 is 18.1 Å². The number of hydrogen-bond donors (Lipinski definition) is 1. The van der Waals surface area contributed by atoms with Crippen molar-refractivity contribution in [2.45, 2.75) is 18.9 Å². The van der Waals surface area contributed by atoms with Gasteiger partial charge in [-0.05, 0) is 6.92 Å². The highest BCUT2D eigenvalue weighted by Gasteiger charge is 2.43. The van der Waals surface area contributed by atoms with Crippen molar-refractivity contribution in [2.75, 3.05) is 13.1 Å². The second-order valence-corrected chi connectivity index (χ2v) is 2.88. The maximum Gasteiger partial charge on any atom is 0.167 e. The van der Waals surface area contributed by atoms with E-state index < -0.39 is 0 Å². The second kappa shape index (κ2) is 2.40. The molecule has 2 heterocycles. The van der Waals surface area contributed by atoms with Gasteiger partial charge in [0, 0.05) is 19.5 Å². The summed E-state index contributed by atoms with van der Waals surface area (Å²) in [6, 6.07) is 0. The molecule has 10 heavy (non-hydrogen) atoms. The van der Waals surface area contributed by atoms with Crippen molar-refractivity contribution < 1.29 is 4.84 Å². The summed E-state index contributed by atoms with van der Waals surface area (Å²) in [4.78, 5) is 5.21. The Morgan fingerprint density at radius 1 is 1.60 bits per heavy atom. The van der Waals surface area contributed by atoms with Crippen LogP contribution in [0.3, 0.4) is 0 Å². The molecule has 0 radical (unpaired) electrons. The molecule has 0 saturated carbocycles. The molecule has 0 atom stereocenters. The van der Waals surface area contributed by atoms with E-state index in [-0.39, 0.29) is 18.0 Å². The van der Waals surface area contributed by atoms with Gasteiger partial charge in [-0.1, -0.05) is 5.16 Å². The topological polar surface area (TPSA) is 33.6 Å². The first-order valence-electron chi connectivity index (χ1n) is 3.23. The average molecular weight is 163 g/mol. The molecule has 2 aliphatic rings. The summed E-state index contributed by atoms with van der Waals surface area (Å²) in [6.45, 7) is 3.94. The molecule has 0 amide bonds. The maximum absolute atomic E-state index is 5.21. The molecule has 0 aliphatic carbocycles. The van der Waals surface area contributed by atoms with Gasteiger partial charge in [-0.15, -0.1) is 12.4 Å². The summed E-state index contributed by atoms with van der Waals surface area (Å²) in [5.74, 6) is 0. The highest BCUT2D eigenvalue weighted by molar-refractivity contribution is 5.85. The lowest BCUT2D eigenvalue weighted by molar-refractivity contribution is -0.0559. The standard InChI is InChI=1S/C6H10N2O.ClH/c1-5-2-6(9-8-5)3-7-4-6;/h7H,2-4H2,1H3;1H. The van der Waals surface area contributed by atoms with E-state index in [0.717, 1.165) is 25.2 Å². The Morgan fingerprint density at radius 3 is 2.50 bits per heavy atom. The minimum absolute atomic E-state index is 0. The normalized spacial score (nSPS) is 26.3. The Kier molecular flexibility index (Phi) is 1.88. The van der Waals surface area contributed by atoms with E-state index >= 15 is 0 Å². The van der Waals surface area contributed by atoms with Crippen LogP contribution in [-0.4, -0.2) is 24.4 Å². The van der Waals surface area contributed by atoms with Crippen LogP contribution in [0.15, 0.2) is 5.16 Å². The molecular formula is C6H11ClN2O. The summed E-state index contributed by atoms with van der Waals surface area (Å²) >= 11 is 0. The Bertz CT molecular complexity index is 165. The minimum atomic E-state index is 0. The summed E-state index contributed by atoms with van der Waals surface area (Å²) in [5.41, 5.74) is 1.20. The van der Waals surface area contributed by atoms with Crippen LogP contribution >= 0.6 is 12.4 Å². The van der Waals surface area contributed by atoms with Crippen molar-refractivity contribution in [2.24, 2.45) is 5.16 Å². The molecule has 2 rings (SSSR count). The Morgan fingerprint density at radius 2 is 2.30 bits per heavy atom. The van der Waals surface area contributed by atoms with E-state index in [9.17, 15) is 0 Å². The molecule has 58 valence electrons. The third-order valence-corrected chi connectivity index (χ3v) is 1.87.